The van der Waals surface area contributed by atoms with Crippen molar-refractivity contribution in [2.24, 2.45) is 5.41 Å². The highest BCUT2D eigenvalue weighted by Crippen LogP contribution is 2.43. The van der Waals surface area contributed by atoms with Crippen molar-refractivity contribution < 1.29 is 19.4 Å². The zero-order valence-corrected chi connectivity index (χ0v) is 15.3. The molecular formula is C14H27NO4S2. The van der Waals surface area contributed by atoms with E-state index in [1.54, 1.807) is 28.6 Å². The molecule has 0 aromatic rings. The van der Waals surface area contributed by atoms with Gasteiger partial charge in [0.25, 0.3) is 0 Å². The second-order valence-electron chi connectivity index (χ2n) is 6.43. The van der Waals surface area contributed by atoms with Crippen LogP contribution in [0.3, 0.4) is 0 Å². The summed E-state index contributed by atoms with van der Waals surface area (Å²) >= 11 is 0. The highest BCUT2D eigenvalue weighted by Gasteiger charge is 2.31. The Balaban J connectivity index is 4.29. The van der Waals surface area contributed by atoms with Gasteiger partial charge in [0.1, 0.15) is 6.04 Å². The molecule has 0 amide bonds. The predicted molar refractivity (Wildman–Crippen MR) is 89.6 cm³/mol. The second kappa shape index (κ2) is 8.90. The molecule has 0 bridgehead atoms. The quantitative estimate of drug-likeness (QED) is 0.469. The molecule has 0 aliphatic carbocycles. The number of esters is 1. The number of carboxylic acids is 1. The highest BCUT2D eigenvalue weighted by atomic mass is 33.1. The number of carboxylic acid groups (broad SMARTS) is 1. The van der Waals surface area contributed by atoms with Crippen LogP contribution in [0, 0.1) is 5.41 Å². The number of nitrogens with one attached hydrogen (secondary N) is 1. The van der Waals surface area contributed by atoms with Gasteiger partial charge in [-0.25, -0.2) is 0 Å². The molecule has 0 rings (SSSR count). The molecule has 0 heterocycles. The van der Waals surface area contributed by atoms with Gasteiger partial charge in [-0.15, -0.1) is 0 Å². The predicted octanol–water partition coefficient (Wildman–Crippen LogP) is 2.80. The lowest BCUT2D eigenvalue weighted by Crippen LogP contribution is -2.36. The molecule has 124 valence electrons. The van der Waals surface area contributed by atoms with Crippen molar-refractivity contribution in [2.45, 2.75) is 51.8 Å². The van der Waals surface area contributed by atoms with Crippen molar-refractivity contribution in [3.63, 3.8) is 0 Å². The lowest BCUT2D eigenvalue weighted by atomic mass is 9.84. The molecule has 2 N–H and O–H groups in total. The van der Waals surface area contributed by atoms with E-state index < -0.39 is 12.0 Å². The van der Waals surface area contributed by atoms with Crippen LogP contribution in [0.4, 0.5) is 0 Å². The number of hydrogen-bond acceptors (Lipinski definition) is 6. The van der Waals surface area contributed by atoms with E-state index in [2.05, 4.69) is 33.0 Å². The van der Waals surface area contributed by atoms with Crippen molar-refractivity contribution in [3.8, 4) is 0 Å². The van der Waals surface area contributed by atoms with Gasteiger partial charge in [-0.1, -0.05) is 35.4 Å². The Morgan fingerprint density at radius 2 is 1.86 bits per heavy atom. The smallest absolute Gasteiger partial charge is 0.321 e. The number of rotatable bonds is 10. The molecule has 0 saturated heterocycles. The molecule has 0 aromatic heterocycles. The first-order valence-corrected chi connectivity index (χ1v) is 9.15. The molecule has 0 spiro atoms. The Hall–Kier alpha value is -0.400. The Kier molecular flexibility index (Phi) is 8.73. The fourth-order valence-electron chi connectivity index (χ4n) is 2.07. The number of carbonyl (C=O) groups excluding carboxylic acids is 1. The maximum Gasteiger partial charge on any atom is 0.321 e. The summed E-state index contributed by atoms with van der Waals surface area (Å²) in [4.78, 5) is 21.8. The molecular weight excluding hydrogens is 310 g/mol. The van der Waals surface area contributed by atoms with Crippen LogP contribution in [0.25, 0.3) is 0 Å². The summed E-state index contributed by atoms with van der Waals surface area (Å²) in [5.41, 5.74) is -0.113. The molecule has 0 aliphatic rings. The average Bonchev–Trinajstić information content (AvgIpc) is 2.30. The average molecular weight is 338 g/mol. The molecule has 21 heavy (non-hydrogen) atoms. The first kappa shape index (κ1) is 20.6. The third-order valence-electron chi connectivity index (χ3n) is 2.74. The van der Waals surface area contributed by atoms with Crippen molar-refractivity contribution in [2.75, 3.05) is 19.4 Å². The summed E-state index contributed by atoms with van der Waals surface area (Å²) in [5.74, 6) is -0.593. The molecule has 0 saturated carbocycles. The van der Waals surface area contributed by atoms with E-state index in [1.807, 2.05) is 0 Å². The largest absolute Gasteiger partial charge is 0.480 e. The van der Waals surface area contributed by atoms with E-state index in [9.17, 15) is 9.59 Å². The Morgan fingerprint density at radius 1 is 1.29 bits per heavy atom. The van der Waals surface area contributed by atoms with Gasteiger partial charge in [0.05, 0.1) is 6.61 Å². The van der Waals surface area contributed by atoms with Crippen LogP contribution in [-0.4, -0.2) is 47.2 Å². The monoisotopic (exact) mass is 337 g/mol. The van der Waals surface area contributed by atoms with Gasteiger partial charge in [-0.05, 0) is 27.3 Å². The van der Waals surface area contributed by atoms with E-state index >= 15 is 0 Å². The molecule has 0 aliphatic heterocycles. The van der Waals surface area contributed by atoms with E-state index in [4.69, 9.17) is 9.84 Å². The summed E-state index contributed by atoms with van der Waals surface area (Å²) in [6.45, 7) is 10.2. The van der Waals surface area contributed by atoms with E-state index in [0.29, 0.717) is 12.4 Å². The number of ether oxygens (including phenoxy) is 1. The minimum Gasteiger partial charge on any atom is -0.480 e. The number of aliphatic carboxylic acids is 1. The van der Waals surface area contributed by atoms with Crippen LogP contribution in [0.15, 0.2) is 0 Å². The van der Waals surface area contributed by atoms with Gasteiger partial charge in [0.15, 0.2) is 0 Å². The third-order valence-corrected chi connectivity index (χ3v) is 6.03. The fraction of sp³-hybridized carbons (Fsp3) is 0.857. The van der Waals surface area contributed by atoms with E-state index in [0.717, 1.165) is 6.42 Å². The first-order chi connectivity index (χ1) is 9.49. The molecule has 0 aromatic carbocycles. The topological polar surface area (TPSA) is 75.6 Å². The van der Waals surface area contributed by atoms with Crippen molar-refractivity contribution in [1.29, 1.82) is 0 Å². The van der Waals surface area contributed by atoms with Gasteiger partial charge in [-0.2, -0.15) is 0 Å². The molecule has 7 heteroatoms. The summed E-state index contributed by atoms with van der Waals surface area (Å²) in [7, 11) is 4.88. The number of likely N-dealkylation sites (N-methyl/N-ethyl adjacent to an activating group) is 1. The van der Waals surface area contributed by atoms with Crippen LogP contribution in [0.2, 0.25) is 0 Å². The number of carbonyl (C=O) groups is 2. The van der Waals surface area contributed by atoms with E-state index in [1.165, 1.54) is 6.92 Å². The molecule has 0 fully saturated rings. The van der Waals surface area contributed by atoms with Crippen LogP contribution in [-0.2, 0) is 14.3 Å². The third kappa shape index (κ3) is 10.0. The van der Waals surface area contributed by atoms with Gasteiger partial charge < -0.3 is 15.2 Å². The van der Waals surface area contributed by atoms with Gasteiger partial charge in [0.2, 0.25) is 0 Å². The normalized spacial score (nSPS) is 13.8. The molecule has 0 radical (unpaired) electrons. The lowest BCUT2D eigenvalue weighted by molar-refractivity contribution is -0.144. The van der Waals surface area contributed by atoms with Gasteiger partial charge >= 0.3 is 11.9 Å². The van der Waals surface area contributed by atoms with Crippen LogP contribution in [0.1, 0.15) is 41.0 Å². The Labute approximate surface area is 135 Å². The highest BCUT2D eigenvalue weighted by molar-refractivity contribution is 8.77. The standard InChI is InChI=1S/C14H27NO4S2/c1-10(16)19-9-13(2,3)8-14(4,5)21-20-7-11(15-6)12(17)18/h11,15H,7-9H2,1-6H3,(H,17,18). The van der Waals surface area contributed by atoms with Crippen LogP contribution in [0.5, 0.6) is 0 Å². The maximum atomic E-state index is 10.9. The van der Waals surface area contributed by atoms with Crippen LogP contribution >= 0.6 is 21.6 Å². The minimum absolute atomic E-state index is 0.0366. The number of hydrogen-bond donors (Lipinski definition) is 2. The zero-order valence-electron chi connectivity index (χ0n) is 13.7. The summed E-state index contributed by atoms with van der Waals surface area (Å²) in [6, 6.07) is -0.535. The van der Waals surface area contributed by atoms with Crippen molar-refractivity contribution >= 4 is 33.5 Å². The molecule has 5 nitrogen and oxygen atoms in total. The molecule has 1 atom stereocenters. The van der Waals surface area contributed by atoms with Crippen LogP contribution < -0.4 is 5.32 Å². The summed E-state index contributed by atoms with van der Waals surface area (Å²) in [6.07, 6.45) is 0.863. The summed E-state index contributed by atoms with van der Waals surface area (Å²) < 4.78 is 5.06. The first-order valence-electron chi connectivity index (χ1n) is 6.83. The van der Waals surface area contributed by atoms with Gasteiger partial charge in [-0.3, -0.25) is 9.59 Å². The van der Waals surface area contributed by atoms with Crippen molar-refractivity contribution in [1.82, 2.24) is 5.32 Å². The zero-order chi connectivity index (χ0) is 16.7. The van der Waals surface area contributed by atoms with Gasteiger partial charge in [0, 0.05) is 22.8 Å². The minimum atomic E-state index is -0.835. The maximum absolute atomic E-state index is 10.9. The second-order valence-corrected chi connectivity index (χ2v) is 9.48. The SMILES string of the molecule is CNC(CSSC(C)(C)CC(C)(C)COC(C)=O)C(=O)O. The lowest BCUT2D eigenvalue weighted by Gasteiger charge is -2.33. The molecule has 1 unspecified atom stereocenters. The fourth-order valence-corrected chi connectivity index (χ4v) is 5.10. The summed E-state index contributed by atoms with van der Waals surface area (Å²) in [5, 5.41) is 11.8. The Bertz CT molecular complexity index is 359. The Morgan fingerprint density at radius 3 is 2.29 bits per heavy atom. The van der Waals surface area contributed by atoms with Crippen molar-refractivity contribution in [3.05, 3.63) is 0 Å². The van der Waals surface area contributed by atoms with E-state index in [-0.39, 0.29) is 16.1 Å².